The first-order chi connectivity index (χ1) is 12.2. The van der Waals surface area contributed by atoms with E-state index >= 15 is 0 Å². The molecular formula is C20H16ClN3O. The minimum Gasteiger partial charge on any atom is -0.495 e. The van der Waals surface area contributed by atoms with Crippen molar-refractivity contribution >= 4 is 22.6 Å². The number of hydrogen-bond acceptors (Lipinski definition) is 3. The molecule has 0 aliphatic rings. The number of fused-ring (bicyclic) bond motifs is 1. The highest BCUT2D eigenvalue weighted by Crippen LogP contribution is 2.32. The summed E-state index contributed by atoms with van der Waals surface area (Å²) in [5, 5.41) is 0.556. The third-order valence-electron chi connectivity index (χ3n) is 4.07. The SMILES string of the molecule is COc1ccc(-n2c(-c3cccc(C)n3)nc3ccccc32)cc1Cl. The van der Waals surface area contributed by atoms with E-state index in [4.69, 9.17) is 21.3 Å². The number of pyridine rings is 1. The molecule has 0 amide bonds. The van der Waals surface area contributed by atoms with Crippen molar-refractivity contribution in [3.63, 3.8) is 0 Å². The summed E-state index contributed by atoms with van der Waals surface area (Å²) in [6.07, 6.45) is 0. The highest BCUT2D eigenvalue weighted by molar-refractivity contribution is 6.32. The van der Waals surface area contributed by atoms with Crippen LogP contribution in [0.4, 0.5) is 0 Å². The van der Waals surface area contributed by atoms with Crippen LogP contribution >= 0.6 is 11.6 Å². The molecule has 0 fully saturated rings. The summed E-state index contributed by atoms with van der Waals surface area (Å²) in [6, 6.07) is 19.7. The number of halogens is 1. The van der Waals surface area contributed by atoms with Gasteiger partial charge in [0.1, 0.15) is 11.4 Å². The van der Waals surface area contributed by atoms with Crippen molar-refractivity contribution in [3.8, 4) is 23.0 Å². The number of imidazole rings is 1. The summed E-state index contributed by atoms with van der Waals surface area (Å²) in [5.74, 6) is 1.43. The maximum absolute atomic E-state index is 6.35. The van der Waals surface area contributed by atoms with Crippen molar-refractivity contribution in [3.05, 3.63) is 71.4 Å². The Kier molecular flexibility index (Phi) is 3.90. The topological polar surface area (TPSA) is 39.9 Å². The van der Waals surface area contributed by atoms with Gasteiger partial charge in [-0.2, -0.15) is 0 Å². The van der Waals surface area contributed by atoms with Crippen LogP contribution in [-0.4, -0.2) is 21.6 Å². The molecule has 4 aromatic rings. The number of aryl methyl sites for hydroxylation is 1. The molecule has 4 nitrogen and oxygen atoms in total. The van der Waals surface area contributed by atoms with Crippen molar-refractivity contribution in [2.75, 3.05) is 7.11 Å². The molecule has 124 valence electrons. The first-order valence-electron chi connectivity index (χ1n) is 7.93. The van der Waals surface area contributed by atoms with Gasteiger partial charge in [0.2, 0.25) is 0 Å². The molecule has 0 aliphatic carbocycles. The molecule has 0 bridgehead atoms. The molecule has 0 N–H and O–H groups in total. The van der Waals surface area contributed by atoms with E-state index in [9.17, 15) is 0 Å². The number of methoxy groups -OCH3 is 1. The Morgan fingerprint density at radius 1 is 0.960 bits per heavy atom. The van der Waals surface area contributed by atoms with Crippen molar-refractivity contribution < 1.29 is 4.74 Å². The van der Waals surface area contributed by atoms with Gasteiger partial charge in [-0.25, -0.2) is 9.97 Å². The maximum atomic E-state index is 6.35. The van der Waals surface area contributed by atoms with Crippen LogP contribution in [0.5, 0.6) is 5.75 Å². The van der Waals surface area contributed by atoms with Gasteiger partial charge >= 0.3 is 0 Å². The fourth-order valence-corrected chi connectivity index (χ4v) is 3.17. The molecule has 0 spiro atoms. The van der Waals surface area contributed by atoms with Crippen LogP contribution in [0, 0.1) is 6.92 Å². The highest BCUT2D eigenvalue weighted by atomic mass is 35.5. The predicted octanol–water partition coefficient (Wildman–Crippen LogP) is 5.06. The molecule has 2 aromatic heterocycles. The fraction of sp³-hybridized carbons (Fsp3) is 0.100. The van der Waals surface area contributed by atoms with Crippen LogP contribution in [0.3, 0.4) is 0 Å². The van der Waals surface area contributed by atoms with Gasteiger partial charge in [0.25, 0.3) is 0 Å². The van der Waals surface area contributed by atoms with E-state index < -0.39 is 0 Å². The van der Waals surface area contributed by atoms with Gasteiger partial charge in [0, 0.05) is 11.4 Å². The Hall–Kier alpha value is -2.85. The number of ether oxygens (including phenoxy) is 1. The third kappa shape index (κ3) is 2.75. The first-order valence-corrected chi connectivity index (χ1v) is 8.30. The van der Waals surface area contributed by atoms with Gasteiger partial charge in [-0.3, -0.25) is 4.57 Å². The minimum absolute atomic E-state index is 0.556. The lowest BCUT2D eigenvalue weighted by Gasteiger charge is -2.11. The number of benzene rings is 2. The largest absolute Gasteiger partial charge is 0.495 e. The average Bonchev–Trinajstić information content (AvgIpc) is 3.01. The zero-order valence-electron chi connectivity index (χ0n) is 13.9. The summed E-state index contributed by atoms with van der Waals surface area (Å²) >= 11 is 6.35. The molecule has 0 saturated carbocycles. The Bertz CT molecular complexity index is 1070. The molecule has 4 rings (SSSR count). The Morgan fingerprint density at radius 3 is 2.56 bits per heavy atom. The quantitative estimate of drug-likeness (QED) is 0.519. The Morgan fingerprint density at radius 2 is 1.80 bits per heavy atom. The van der Waals surface area contributed by atoms with Crippen molar-refractivity contribution in [1.82, 2.24) is 14.5 Å². The molecule has 0 atom stereocenters. The maximum Gasteiger partial charge on any atom is 0.164 e. The van der Waals surface area contributed by atoms with E-state index in [0.29, 0.717) is 10.8 Å². The highest BCUT2D eigenvalue weighted by Gasteiger charge is 2.16. The second kappa shape index (κ2) is 6.22. The van der Waals surface area contributed by atoms with Crippen LogP contribution in [0.15, 0.2) is 60.7 Å². The van der Waals surface area contributed by atoms with Crippen LogP contribution < -0.4 is 4.74 Å². The lowest BCUT2D eigenvalue weighted by molar-refractivity contribution is 0.415. The number of hydrogen-bond donors (Lipinski definition) is 0. The molecule has 0 radical (unpaired) electrons. The minimum atomic E-state index is 0.556. The van der Waals surface area contributed by atoms with E-state index in [1.807, 2.05) is 67.6 Å². The van der Waals surface area contributed by atoms with Crippen LogP contribution in [0.1, 0.15) is 5.69 Å². The normalized spacial score (nSPS) is 11.0. The number of rotatable bonds is 3. The molecule has 2 heterocycles. The predicted molar refractivity (Wildman–Crippen MR) is 101 cm³/mol. The molecule has 0 unspecified atom stereocenters. The van der Waals surface area contributed by atoms with Crippen LogP contribution in [0.2, 0.25) is 5.02 Å². The summed E-state index contributed by atoms with van der Waals surface area (Å²) in [7, 11) is 1.61. The smallest absolute Gasteiger partial charge is 0.164 e. The van der Waals surface area contributed by atoms with Gasteiger partial charge < -0.3 is 4.74 Å². The van der Waals surface area contributed by atoms with Crippen LogP contribution in [-0.2, 0) is 0 Å². The molecular weight excluding hydrogens is 334 g/mol. The molecule has 0 saturated heterocycles. The molecule has 25 heavy (non-hydrogen) atoms. The zero-order chi connectivity index (χ0) is 17.4. The number of para-hydroxylation sites is 2. The van der Waals surface area contributed by atoms with Crippen molar-refractivity contribution in [2.24, 2.45) is 0 Å². The molecule has 2 aromatic carbocycles. The van der Waals surface area contributed by atoms with E-state index in [0.717, 1.165) is 33.9 Å². The van der Waals surface area contributed by atoms with Crippen molar-refractivity contribution in [2.45, 2.75) is 6.92 Å². The van der Waals surface area contributed by atoms with E-state index in [1.165, 1.54) is 0 Å². The second-order valence-electron chi connectivity index (χ2n) is 5.74. The Balaban J connectivity index is 2.01. The van der Waals surface area contributed by atoms with Crippen LogP contribution in [0.25, 0.3) is 28.2 Å². The second-order valence-corrected chi connectivity index (χ2v) is 6.15. The molecule has 0 aliphatic heterocycles. The number of aromatic nitrogens is 3. The van der Waals surface area contributed by atoms with Gasteiger partial charge in [-0.15, -0.1) is 0 Å². The van der Waals surface area contributed by atoms with Crippen molar-refractivity contribution in [1.29, 1.82) is 0 Å². The summed E-state index contributed by atoms with van der Waals surface area (Å²) < 4.78 is 7.34. The first kappa shape index (κ1) is 15.7. The average molecular weight is 350 g/mol. The Labute approximate surface area is 150 Å². The van der Waals surface area contributed by atoms with Gasteiger partial charge in [-0.05, 0) is 49.4 Å². The van der Waals surface area contributed by atoms with E-state index in [-0.39, 0.29) is 0 Å². The van der Waals surface area contributed by atoms with E-state index in [1.54, 1.807) is 7.11 Å². The lowest BCUT2D eigenvalue weighted by atomic mass is 10.2. The van der Waals surface area contributed by atoms with Gasteiger partial charge in [0.15, 0.2) is 5.82 Å². The summed E-state index contributed by atoms with van der Waals surface area (Å²) in [4.78, 5) is 9.44. The summed E-state index contributed by atoms with van der Waals surface area (Å²) in [5.41, 5.74) is 4.60. The summed E-state index contributed by atoms with van der Waals surface area (Å²) in [6.45, 7) is 1.97. The third-order valence-corrected chi connectivity index (χ3v) is 4.37. The number of nitrogens with zero attached hydrogens (tertiary/aromatic N) is 3. The standard InChI is InChI=1S/C20H16ClN3O/c1-13-6-5-8-17(22-13)20-23-16-7-3-4-9-18(16)24(20)14-10-11-19(25-2)15(21)12-14/h3-12H,1-2H3. The molecule has 5 heteroatoms. The fourth-order valence-electron chi connectivity index (χ4n) is 2.92. The zero-order valence-corrected chi connectivity index (χ0v) is 14.7. The van der Waals surface area contributed by atoms with Gasteiger partial charge in [-0.1, -0.05) is 29.8 Å². The monoisotopic (exact) mass is 349 g/mol. The van der Waals surface area contributed by atoms with E-state index in [2.05, 4.69) is 9.55 Å². The van der Waals surface area contributed by atoms with Gasteiger partial charge in [0.05, 0.1) is 23.2 Å². The lowest BCUT2D eigenvalue weighted by Crippen LogP contribution is -2.00.